The molecule has 0 fully saturated rings. The SMILES string of the molecule is O=C(O[n+]1ccccc1)c1ccc2c(c1)C(=O)N(c1cc(C(=O)O[n+]3ccccc3)ccc1C(=O)O[n+]1ccccc1)C2=O. The van der Waals surface area contributed by atoms with Crippen LogP contribution in [0.4, 0.5) is 5.69 Å². The molecular weight excluding hydrogens is 568 g/mol. The van der Waals surface area contributed by atoms with Crippen LogP contribution in [0.3, 0.4) is 0 Å². The third kappa shape index (κ3) is 5.50. The van der Waals surface area contributed by atoms with Gasteiger partial charge in [-0.1, -0.05) is 18.2 Å². The fraction of sp³-hybridized carbons (Fsp3) is 0. The molecule has 214 valence electrons. The third-order valence-corrected chi connectivity index (χ3v) is 6.45. The van der Waals surface area contributed by atoms with Crippen molar-refractivity contribution >= 4 is 35.4 Å². The van der Waals surface area contributed by atoms with E-state index in [0.717, 1.165) is 9.63 Å². The smallest absolute Gasteiger partial charge is 0.268 e. The van der Waals surface area contributed by atoms with Crippen LogP contribution in [0.25, 0.3) is 0 Å². The Kier molecular flexibility index (Phi) is 7.36. The zero-order valence-electron chi connectivity index (χ0n) is 22.7. The summed E-state index contributed by atoms with van der Waals surface area (Å²) in [5, 5.41) is 0. The van der Waals surface area contributed by atoms with Gasteiger partial charge in [0.2, 0.25) is 37.2 Å². The first kappa shape index (κ1) is 27.6. The van der Waals surface area contributed by atoms with Crippen LogP contribution in [0, 0.1) is 0 Å². The molecule has 0 saturated carbocycles. The fourth-order valence-electron chi connectivity index (χ4n) is 4.38. The van der Waals surface area contributed by atoms with E-state index in [9.17, 15) is 24.0 Å². The highest BCUT2D eigenvalue weighted by Crippen LogP contribution is 2.32. The largest absolute Gasteiger partial charge is 0.413 e. The van der Waals surface area contributed by atoms with E-state index in [1.807, 2.05) is 0 Å². The maximum absolute atomic E-state index is 13.7. The van der Waals surface area contributed by atoms with Crippen molar-refractivity contribution in [3.05, 3.63) is 156 Å². The highest BCUT2D eigenvalue weighted by atomic mass is 16.7. The summed E-state index contributed by atoms with van der Waals surface area (Å²) in [4.78, 5) is 83.1. The van der Waals surface area contributed by atoms with Crippen LogP contribution in [-0.4, -0.2) is 29.7 Å². The summed E-state index contributed by atoms with van der Waals surface area (Å²) < 4.78 is 3.51. The van der Waals surface area contributed by atoms with E-state index in [4.69, 9.17) is 14.5 Å². The fourth-order valence-corrected chi connectivity index (χ4v) is 4.38. The number of imide groups is 1. The van der Waals surface area contributed by atoms with Gasteiger partial charge in [0.25, 0.3) is 11.8 Å². The van der Waals surface area contributed by atoms with Gasteiger partial charge < -0.3 is 0 Å². The Hall–Kier alpha value is -6.56. The Labute approximate surface area is 249 Å². The number of carbonyl (C=O) groups excluding carboxylic acids is 5. The first-order valence-electron chi connectivity index (χ1n) is 13.1. The Morgan fingerprint density at radius 1 is 0.500 bits per heavy atom. The van der Waals surface area contributed by atoms with Gasteiger partial charge in [-0.25, -0.2) is 19.3 Å². The Morgan fingerprint density at radius 3 is 1.45 bits per heavy atom. The average Bonchev–Trinajstić information content (AvgIpc) is 3.30. The molecule has 1 aliphatic heterocycles. The van der Waals surface area contributed by atoms with E-state index in [-0.39, 0.29) is 33.5 Å². The predicted molar refractivity (Wildman–Crippen MR) is 147 cm³/mol. The molecule has 12 nitrogen and oxygen atoms in total. The molecular formula is C32H21N4O8+3. The molecule has 12 heteroatoms. The number of fused-ring (bicyclic) bond motifs is 1. The first-order chi connectivity index (χ1) is 21.4. The molecule has 44 heavy (non-hydrogen) atoms. The van der Waals surface area contributed by atoms with Crippen LogP contribution < -0.4 is 33.6 Å². The van der Waals surface area contributed by atoms with Crippen LogP contribution >= 0.6 is 0 Å². The van der Waals surface area contributed by atoms with Gasteiger partial charge in [0.15, 0.2) is 0 Å². The molecule has 5 aromatic rings. The molecule has 2 amide bonds. The maximum atomic E-state index is 13.7. The number of anilines is 1. The van der Waals surface area contributed by atoms with Crippen LogP contribution in [0.5, 0.6) is 0 Å². The lowest BCUT2D eigenvalue weighted by Gasteiger charge is -2.17. The molecule has 0 aliphatic carbocycles. The number of rotatable bonds is 7. The van der Waals surface area contributed by atoms with E-state index in [0.29, 0.717) is 0 Å². The summed E-state index contributed by atoms with van der Waals surface area (Å²) in [5.74, 6) is -4.09. The van der Waals surface area contributed by atoms with Gasteiger partial charge in [-0.2, -0.15) is 14.5 Å². The molecule has 0 unspecified atom stereocenters. The summed E-state index contributed by atoms with van der Waals surface area (Å²) >= 11 is 0. The number of carbonyl (C=O) groups is 5. The van der Waals surface area contributed by atoms with E-state index >= 15 is 0 Å². The van der Waals surface area contributed by atoms with Gasteiger partial charge in [-0.15, -0.1) is 0 Å². The summed E-state index contributed by atoms with van der Waals surface area (Å²) in [6.07, 6.45) is 9.01. The monoisotopic (exact) mass is 589 g/mol. The Morgan fingerprint density at radius 2 is 0.932 bits per heavy atom. The van der Waals surface area contributed by atoms with Crippen molar-refractivity contribution in [2.75, 3.05) is 4.90 Å². The molecule has 4 heterocycles. The molecule has 0 saturated heterocycles. The summed E-state index contributed by atoms with van der Waals surface area (Å²) in [6, 6.07) is 22.8. The van der Waals surface area contributed by atoms with Crippen LogP contribution in [-0.2, 0) is 0 Å². The number of hydrogen-bond acceptors (Lipinski definition) is 8. The second-order valence-corrected chi connectivity index (χ2v) is 9.28. The molecule has 0 radical (unpaired) electrons. The molecule has 0 N–H and O–H groups in total. The first-order valence-corrected chi connectivity index (χ1v) is 13.1. The van der Waals surface area contributed by atoms with Crippen LogP contribution in [0.2, 0.25) is 0 Å². The van der Waals surface area contributed by atoms with Gasteiger partial charge in [0.05, 0.1) is 33.5 Å². The van der Waals surface area contributed by atoms with E-state index in [1.165, 1.54) is 83.0 Å². The van der Waals surface area contributed by atoms with Crippen LogP contribution in [0.15, 0.2) is 128 Å². The second-order valence-electron chi connectivity index (χ2n) is 9.28. The van der Waals surface area contributed by atoms with Crippen molar-refractivity contribution in [3.8, 4) is 0 Å². The molecule has 0 atom stereocenters. The van der Waals surface area contributed by atoms with Gasteiger partial charge in [-0.3, -0.25) is 9.59 Å². The van der Waals surface area contributed by atoms with E-state index in [2.05, 4.69) is 0 Å². The topological polar surface area (TPSA) is 128 Å². The standard InChI is InChI=1S/C32H21N4O8/c37-28-24-12-10-22(30(39)42-33-14-4-1-5-15-33)20-26(24)29(38)36(28)27-21-23(31(40)43-34-16-6-2-7-17-34)11-13-25(27)32(41)44-35-18-8-3-9-19-35/h1-21H/q+3. The van der Waals surface area contributed by atoms with E-state index in [1.54, 1.807) is 54.6 Å². The third-order valence-electron chi connectivity index (χ3n) is 6.45. The average molecular weight is 590 g/mol. The zero-order valence-corrected chi connectivity index (χ0v) is 22.7. The number of pyridine rings is 3. The van der Waals surface area contributed by atoms with Crippen molar-refractivity contribution < 1.29 is 52.7 Å². The predicted octanol–water partition coefficient (Wildman–Crippen LogP) is 1.16. The minimum atomic E-state index is -0.908. The molecule has 3 aromatic heterocycles. The Bertz CT molecular complexity index is 1930. The lowest BCUT2D eigenvalue weighted by Crippen LogP contribution is -2.46. The molecule has 1 aliphatic rings. The summed E-state index contributed by atoms with van der Waals surface area (Å²) in [6.45, 7) is 0. The van der Waals surface area contributed by atoms with Crippen molar-refractivity contribution in [2.45, 2.75) is 0 Å². The van der Waals surface area contributed by atoms with Crippen LogP contribution in [0.1, 0.15) is 51.8 Å². The molecule has 2 aromatic carbocycles. The van der Waals surface area contributed by atoms with Gasteiger partial charge in [-0.05, 0) is 36.4 Å². The lowest BCUT2D eigenvalue weighted by atomic mass is 10.1. The Balaban J connectivity index is 1.36. The molecule has 0 bridgehead atoms. The number of aromatic nitrogens is 3. The molecule has 6 rings (SSSR count). The van der Waals surface area contributed by atoms with Crippen molar-refractivity contribution in [3.63, 3.8) is 0 Å². The normalized spacial score (nSPS) is 12.0. The highest BCUT2D eigenvalue weighted by Gasteiger charge is 2.40. The van der Waals surface area contributed by atoms with Crippen molar-refractivity contribution in [1.82, 2.24) is 0 Å². The van der Waals surface area contributed by atoms with Crippen molar-refractivity contribution in [1.29, 1.82) is 0 Å². The van der Waals surface area contributed by atoms with E-state index < -0.39 is 29.7 Å². The van der Waals surface area contributed by atoms with Gasteiger partial charge in [0.1, 0.15) is 0 Å². The number of nitrogens with zero attached hydrogens (tertiary/aromatic N) is 4. The van der Waals surface area contributed by atoms with Gasteiger partial charge in [0, 0.05) is 50.6 Å². The summed E-state index contributed by atoms with van der Waals surface area (Å²) in [5.41, 5.74) is -0.536. The second kappa shape index (κ2) is 11.7. The highest BCUT2D eigenvalue weighted by molar-refractivity contribution is 6.35. The maximum Gasteiger partial charge on any atom is 0.413 e. The zero-order chi connectivity index (χ0) is 30.6. The minimum Gasteiger partial charge on any atom is -0.268 e. The quantitative estimate of drug-likeness (QED) is 0.204. The number of hydrogen-bond donors (Lipinski definition) is 0. The summed E-state index contributed by atoms with van der Waals surface area (Å²) in [7, 11) is 0. The molecule has 0 spiro atoms. The van der Waals surface area contributed by atoms with Gasteiger partial charge >= 0.3 is 17.9 Å². The number of benzene rings is 2. The lowest BCUT2D eigenvalue weighted by molar-refractivity contribution is -0.868. The minimum absolute atomic E-state index is 0.0107. The van der Waals surface area contributed by atoms with Crippen molar-refractivity contribution in [2.24, 2.45) is 0 Å². The number of amides is 2.